The molecule has 2 N–H and O–H groups in total. The molecule has 1 aliphatic rings. The topological polar surface area (TPSA) is 59.2 Å². The fourth-order valence-corrected chi connectivity index (χ4v) is 2.52. The molecule has 18 heavy (non-hydrogen) atoms. The first-order chi connectivity index (χ1) is 8.66. The van der Waals surface area contributed by atoms with Gasteiger partial charge < -0.3 is 10.6 Å². The summed E-state index contributed by atoms with van der Waals surface area (Å²) < 4.78 is 0. The third kappa shape index (κ3) is 3.29. The standard InChI is InChI=1S/C14H21N3O/c1-17(10-11-3-2-8-16-9-11)14(18)12-4-6-13(15)7-5-12/h2-3,8-9,12-13H,4-7,10,15H2,1H3. The molecule has 1 aliphatic carbocycles. The summed E-state index contributed by atoms with van der Waals surface area (Å²) in [6.07, 6.45) is 7.34. The first kappa shape index (κ1) is 13.0. The maximum Gasteiger partial charge on any atom is 0.225 e. The summed E-state index contributed by atoms with van der Waals surface area (Å²) in [7, 11) is 1.86. The van der Waals surface area contributed by atoms with Crippen LogP contribution in [0.2, 0.25) is 0 Å². The van der Waals surface area contributed by atoms with Crippen molar-refractivity contribution in [3.8, 4) is 0 Å². The van der Waals surface area contributed by atoms with Gasteiger partial charge in [0.05, 0.1) is 0 Å². The maximum absolute atomic E-state index is 12.3. The van der Waals surface area contributed by atoms with Crippen molar-refractivity contribution in [1.82, 2.24) is 9.88 Å². The van der Waals surface area contributed by atoms with E-state index in [-0.39, 0.29) is 17.9 Å². The lowest BCUT2D eigenvalue weighted by Gasteiger charge is -2.29. The fraction of sp³-hybridized carbons (Fsp3) is 0.571. The van der Waals surface area contributed by atoms with E-state index in [1.807, 2.05) is 19.2 Å². The van der Waals surface area contributed by atoms with Crippen LogP contribution in [0.3, 0.4) is 0 Å². The van der Waals surface area contributed by atoms with Crippen molar-refractivity contribution in [2.75, 3.05) is 7.05 Å². The van der Waals surface area contributed by atoms with E-state index < -0.39 is 0 Å². The molecule has 1 heterocycles. The zero-order valence-corrected chi connectivity index (χ0v) is 10.9. The number of rotatable bonds is 3. The van der Waals surface area contributed by atoms with E-state index in [0.29, 0.717) is 6.54 Å². The van der Waals surface area contributed by atoms with Crippen LogP contribution in [0.1, 0.15) is 31.2 Å². The Labute approximate surface area is 108 Å². The van der Waals surface area contributed by atoms with E-state index >= 15 is 0 Å². The van der Waals surface area contributed by atoms with Gasteiger partial charge in [-0.3, -0.25) is 9.78 Å². The molecule has 4 nitrogen and oxygen atoms in total. The normalized spacial score (nSPS) is 23.7. The highest BCUT2D eigenvalue weighted by Gasteiger charge is 2.26. The Kier molecular flexibility index (Phi) is 4.31. The van der Waals surface area contributed by atoms with Crippen molar-refractivity contribution in [1.29, 1.82) is 0 Å². The lowest BCUT2D eigenvalue weighted by atomic mass is 9.85. The monoisotopic (exact) mass is 247 g/mol. The van der Waals surface area contributed by atoms with Gasteiger partial charge in [0.15, 0.2) is 0 Å². The zero-order chi connectivity index (χ0) is 13.0. The second-order valence-electron chi connectivity index (χ2n) is 5.17. The summed E-state index contributed by atoms with van der Waals surface area (Å²) in [5, 5.41) is 0. The van der Waals surface area contributed by atoms with Crippen LogP contribution < -0.4 is 5.73 Å². The van der Waals surface area contributed by atoms with Gasteiger partial charge in [0.2, 0.25) is 5.91 Å². The molecule has 0 unspecified atom stereocenters. The fourth-order valence-electron chi connectivity index (χ4n) is 2.52. The Hall–Kier alpha value is -1.42. The molecular formula is C14H21N3O. The molecule has 0 aliphatic heterocycles. The second kappa shape index (κ2) is 5.96. The number of carbonyl (C=O) groups is 1. The highest BCUT2D eigenvalue weighted by atomic mass is 16.2. The minimum Gasteiger partial charge on any atom is -0.341 e. The molecule has 1 aromatic heterocycles. The van der Waals surface area contributed by atoms with Crippen molar-refractivity contribution in [3.05, 3.63) is 30.1 Å². The SMILES string of the molecule is CN(Cc1cccnc1)C(=O)C1CCC(N)CC1. The predicted octanol–water partition coefficient (Wildman–Crippen LogP) is 1.56. The van der Waals surface area contributed by atoms with Crippen LogP contribution in [0.5, 0.6) is 0 Å². The average Bonchev–Trinajstić information content (AvgIpc) is 2.40. The smallest absolute Gasteiger partial charge is 0.225 e. The number of carbonyl (C=O) groups excluding carboxylic acids is 1. The van der Waals surface area contributed by atoms with Crippen LogP contribution in [-0.4, -0.2) is 28.9 Å². The molecular weight excluding hydrogens is 226 g/mol. The van der Waals surface area contributed by atoms with E-state index in [9.17, 15) is 4.79 Å². The minimum atomic E-state index is 0.159. The van der Waals surface area contributed by atoms with Crippen LogP contribution in [0.4, 0.5) is 0 Å². The number of nitrogens with two attached hydrogens (primary N) is 1. The molecule has 0 atom stereocenters. The number of hydrogen-bond donors (Lipinski definition) is 1. The van der Waals surface area contributed by atoms with Gasteiger partial charge in [0.1, 0.15) is 0 Å². The predicted molar refractivity (Wildman–Crippen MR) is 70.6 cm³/mol. The molecule has 1 aromatic rings. The third-order valence-corrected chi connectivity index (χ3v) is 3.64. The largest absolute Gasteiger partial charge is 0.341 e. The van der Waals surface area contributed by atoms with E-state index in [0.717, 1.165) is 31.2 Å². The van der Waals surface area contributed by atoms with Crippen LogP contribution >= 0.6 is 0 Å². The van der Waals surface area contributed by atoms with E-state index in [1.165, 1.54) is 0 Å². The first-order valence-electron chi connectivity index (χ1n) is 6.56. The second-order valence-corrected chi connectivity index (χ2v) is 5.17. The van der Waals surface area contributed by atoms with Gasteiger partial charge in [0, 0.05) is 37.9 Å². The van der Waals surface area contributed by atoms with Crippen LogP contribution in [0.15, 0.2) is 24.5 Å². The molecule has 0 aromatic carbocycles. The Balaban J connectivity index is 1.89. The Bertz CT molecular complexity index is 385. The van der Waals surface area contributed by atoms with Gasteiger partial charge in [-0.1, -0.05) is 6.07 Å². The van der Waals surface area contributed by atoms with E-state index in [4.69, 9.17) is 5.73 Å². The Morgan fingerprint density at radius 2 is 2.17 bits per heavy atom. The van der Waals surface area contributed by atoms with Gasteiger partial charge in [-0.05, 0) is 37.3 Å². The van der Waals surface area contributed by atoms with E-state index in [1.54, 1.807) is 17.3 Å². The summed E-state index contributed by atoms with van der Waals surface area (Å²) in [6, 6.07) is 4.18. The van der Waals surface area contributed by atoms with Crippen molar-refractivity contribution >= 4 is 5.91 Å². The summed E-state index contributed by atoms with van der Waals surface area (Å²) in [5.74, 6) is 0.400. The van der Waals surface area contributed by atoms with Gasteiger partial charge in [-0.15, -0.1) is 0 Å². The number of hydrogen-bond acceptors (Lipinski definition) is 3. The molecule has 0 spiro atoms. The molecule has 0 saturated heterocycles. The van der Waals surface area contributed by atoms with Gasteiger partial charge in [0.25, 0.3) is 0 Å². The lowest BCUT2D eigenvalue weighted by molar-refractivity contribution is -0.135. The van der Waals surface area contributed by atoms with Gasteiger partial charge >= 0.3 is 0 Å². The molecule has 0 bridgehead atoms. The molecule has 0 radical (unpaired) electrons. The van der Waals surface area contributed by atoms with E-state index in [2.05, 4.69) is 4.98 Å². The van der Waals surface area contributed by atoms with Crippen molar-refractivity contribution in [2.45, 2.75) is 38.3 Å². The third-order valence-electron chi connectivity index (χ3n) is 3.64. The number of pyridine rings is 1. The Morgan fingerprint density at radius 1 is 1.44 bits per heavy atom. The molecule has 1 amide bonds. The molecule has 1 saturated carbocycles. The minimum absolute atomic E-state index is 0.159. The summed E-state index contributed by atoms with van der Waals surface area (Å²) in [4.78, 5) is 18.1. The highest BCUT2D eigenvalue weighted by Crippen LogP contribution is 2.25. The number of amides is 1. The van der Waals surface area contributed by atoms with Crippen LogP contribution in [0, 0.1) is 5.92 Å². The zero-order valence-electron chi connectivity index (χ0n) is 10.9. The van der Waals surface area contributed by atoms with Crippen molar-refractivity contribution in [3.63, 3.8) is 0 Å². The molecule has 98 valence electrons. The van der Waals surface area contributed by atoms with Crippen LogP contribution in [0.25, 0.3) is 0 Å². The quantitative estimate of drug-likeness (QED) is 0.881. The highest BCUT2D eigenvalue weighted by molar-refractivity contribution is 5.78. The first-order valence-corrected chi connectivity index (χ1v) is 6.56. The Morgan fingerprint density at radius 3 is 2.78 bits per heavy atom. The van der Waals surface area contributed by atoms with Crippen LogP contribution in [-0.2, 0) is 11.3 Å². The number of aromatic nitrogens is 1. The van der Waals surface area contributed by atoms with Gasteiger partial charge in [-0.25, -0.2) is 0 Å². The maximum atomic E-state index is 12.3. The summed E-state index contributed by atoms with van der Waals surface area (Å²) in [5.41, 5.74) is 6.93. The molecule has 1 fully saturated rings. The summed E-state index contributed by atoms with van der Waals surface area (Å²) in [6.45, 7) is 0.634. The molecule has 2 rings (SSSR count). The van der Waals surface area contributed by atoms with Gasteiger partial charge in [-0.2, -0.15) is 0 Å². The average molecular weight is 247 g/mol. The molecule has 4 heteroatoms. The van der Waals surface area contributed by atoms with Crippen molar-refractivity contribution in [2.24, 2.45) is 11.7 Å². The van der Waals surface area contributed by atoms with Crippen molar-refractivity contribution < 1.29 is 4.79 Å². The summed E-state index contributed by atoms with van der Waals surface area (Å²) >= 11 is 0. The number of nitrogens with zero attached hydrogens (tertiary/aromatic N) is 2. The lowest BCUT2D eigenvalue weighted by Crippen LogP contribution is -2.37.